The number of para-hydroxylation sites is 1. The van der Waals surface area contributed by atoms with E-state index >= 15 is 0 Å². The van der Waals surface area contributed by atoms with Crippen molar-refractivity contribution in [3.63, 3.8) is 0 Å². The molecule has 0 unspecified atom stereocenters. The number of carboxylic acid groups (broad SMARTS) is 1. The Labute approximate surface area is 180 Å². The van der Waals surface area contributed by atoms with Crippen LogP contribution in [0.1, 0.15) is 50.1 Å². The minimum absolute atomic E-state index is 0.116. The van der Waals surface area contributed by atoms with Gasteiger partial charge >= 0.3 is 6.09 Å². The van der Waals surface area contributed by atoms with Crippen LogP contribution in [0.2, 0.25) is 0 Å². The first-order valence-corrected chi connectivity index (χ1v) is 11.2. The number of hydrogen-bond donors (Lipinski definition) is 1. The summed E-state index contributed by atoms with van der Waals surface area (Å²) < 4.78 is 7.42. The van der Waals surface area contributed by atoms with Gasteiger partial charge in [-0.25, -0.2) is 4.79 Å². The molecular formula is C22H28N6O3. The highest BCUT2D eigenvalue weighted by molar-refractivity contribution is 5.83. The Morgan fingerprint density at radius 3 is 2.77 bits per heavy atom. The summed E-state index contributed by atoms with van der Waals surface area (Å²) in [6.07, 6.45) is 3.82. The Morgan fingerprint density at radius 2 is 2.00 bits per heavy atom. The van der Waals surface area contributed by atoms with Crippen molar-refractivity contribution in [2.75, 3.05) is 26.2 Å². The van der Waals surface area contributed by atoms with Gasteiger partial charge in [0, 0.05) is 30.4 Å². The lowest BCUT2D eigenvalue weighted by Crippen LogP contribution is -2.45. The first kappa shape index (κ1) is 20.0. The highest BCUT2D eigenvalue weighted by Crippen LogP contribution is 2.29. The first-order chi connectivity index (χ1) is 15.1. The number of amides is 1. The fourth-order valence-corrected chi connectivity index (χ4v) is 4.96. The molecule has 1 atom stereocenters. The van der Waals surface area contributed by atoms with E-state index in [2.05, 4.69) is 28.0 Å². The SMILES string of the molecule is CCc1nn(-c2noc(C3CCN(C[C@H]4CCCN4C(=O)O)CC3)n2)c2ccccc12. The van der Waals surface area contributed by atoms with E-state index in [-0.39, 0.29) is 12.0 Å². The maximum atomic E-state index is 11.4. The van der Waals surface area contributed by atoms with Gasteiger partial charge in [-0.05, 0) is 56.4 Å². The van der Waals surface area contributed by atoms with Gasteiger partial charge in [-0.15, -0.1) is 0 Å². The molecule has 1 N–H and O–H groups in total. The number of carbonyl (C=O) groups is 1. The summed E-state index contributed by atoms with van der Waals surface area (Å²) >= 11 is 0. The molecule has 164 valence electrons. The van der Waals surface area contributed by atoms with Gasteiger partial charge < -0.3 is 19.4 Å². The number of hydrogen-bond acceptors (Lipinski definition) is 6. The summed E-state index contributed by atoms with van der Waals surface area (Å²) in [5, 5.41) is 19.4. The van der Waals surface area contributed by atoms with Gasteiger partial charge in [0.15, 0.2) is 0 Å². The predicted molar refractivity (Wildman–Crippen MR) is 114 cm³/mol. The second-order valence-electron chi connectivity index (χ2n) is 8.51. The van der Waals surface area contributed by atoms with Crippen molar-refractivity contribution >= 4 is 17.0 Å². The van der Waals surface area contributed by atoms with Crippen molar-refractivity contribution in [2.24, 2.45) is 0 Å². The molecule has 0 saturated carbocycles. The van der Waals surface area contributed by atoms with E-state index < -0.39 is 6.09 Å². The second-order valence-corrected chi connectivity index (χ2v) is 8.51. The van der Waals surface area contributed by atoms with E-state index in [4.69, 9.17) is 9.62 Å². The minimum Gasteiger partial charge on any atom is -0.465 e. The molecule has 3 aromatic rings. The van der Waals surface area contributed by atoms with Crippen LogP contribution in [0.3, 0.4) is 0 Å². The molecule has 0 radical (unpaired) electrons. The average molecular weight is 425 g/mol. The molecule has 4 heterocycles. The predicted octanol–water partition coefficient (Wildman–Crippen LogP) is 3.29. The molecule has 0 aliphatic carbocycles. The quantitative estimate of drug-likeness (QED) is 0.671. The highest BCUT2D eigenvalue weighted by atomic mass is 16.5. The van der Waals surface area contributed by atoms with E-state index in [9.17, 15) is 9.90 Å². The Kier molecular flexibility index (Phi) is 5.35. The van der Waals surface area contributed by atoms with E-state index in [0.717, 1.165) is 68.3 Å². The van der Waals surface area contributed by atoms with Gasteiger partial charge in [0.25, 0.3) is 5.95 Å². The number of benzene rings is 1. The summed E-state index contributed by atoms with van der Waals surface area (Å²) in [6.45, 7) is 5.39. The maximum Gasteiger partial charge on any atom is 0.407 e. The molecule has 2 aliphatic heterocycles. The summed E-state index contributed by atoms with van der Waals surface area (Å²) in [5.74, 6) is 1.38. The summed E-state index contributed by atoms with van der Waals surface area (Å²) in [7, 11) is 0. The molecule has 2 aromatic heterocycles. The number of aryl methyl sites for hydroxylation is 1. The lowest BCUT2D eigenvalue weighted by atomic mass is 9.96. The fourth-order valence-electron chi connectivity index (χ4n) is 4.96. The molecular weight excluding hydrogens is 396 g/mol. The van der Waals surface area contributed by atoms with Crippen molar-refractivity contribution in [2.45, 2.75) is 51.0 Å². The number of fused-ring (bicyclic) bond motifs is 1. The van der Waals surface area contributed by atoms with Crippen LogP contribution >= 0.6 is 0 Å². The Balaban J connectivity index is 1.25. The number of piperidine rings is 1. The highest BCUT2D eigenvalue weighted by Gasteiger charge is 2.32. The van der Waals surface area contributed by atoms with Crippen LogP contribution in [0, 0.1) is 0 Å². The van der Waals surface area contributed by atoms with Crippen LogP contribution in [0.5, 0.6) is 0 Å². The molecule has 31 heavy (non-hydrogen) atoms. The smallest absolute Gasteiger partial charge is 0.407 e. The summed E-state index contributed by atoms with van der Waals surface area (Å²) in [4.78, 5) is 20.0. The van der Waals surface area contributed by atoms with Crippen molar-refractivity contribution in [3.05, 3.63) is 35.9 Å². The first-order valence-electron chi connectivity index (χ1n) is 11.2. The van der Waals surface area contributed by atoms with Crippen molar-refractivity contribution < 1.29 is 14.4 Å². The van der Waals surface area contributed by atoms with Crippen LogP contribution in [-0.2, 0) is 6.42 Å². The van der Waals surface area contributed by atoms with Gasteiger partial charge in [0.05, 0.1) is 11.2 Å². The van der Waals surface area contributed by atoms with Crippen LogP contribution in [0.15, 0.2) is 28.8 Å². The third-order valence-corrected chi connectivity index (χ3v) is 6.65. The number of rotatable bonds is 5. The standard InChI is InChI=1S/C22H28N6O3/c1-2-18-17-7-3-4-8-19(17)28(24-18)21-23-20(31-25-21)15-9-12-26(13-10-15)14-16-6-5-11-27(16)22(29)30/h3-4,7-8,15-16H,2,5-6,9-14H2,1H3,(H,29,30)/t16-/m1/s1. The van der Waals surface area contributed by atoms with Gasteiger partial charge in [-0.1, -0.05) is 25.1 Å². The number of nitrogens with zero attached hydrogens (tertiary/aromatic N) is 6. The average Bonchev–Trinajstić information content (AvgIpc) is 3.52. The van der Waals surface area contributed by atoms with Crippen LogP contribution in [-0.4, -0.2) is 73.1 Å². The monoisotopic (exact) mass is 424 g/mol. The Bertz CT molecular complexity index is 1070. The van der Waals surface area contributed by atoms with E-state index in [1.807, 2.05) is 18.2 Å². The molecule has 0 spiro atoms. The molecule has 2 saturated heterocycles. The van der Waals surface area contributed by atoms with Crippen molar-refractivity contribution in [3.8, 4) is 5.95 Å². The zero-order valence-corrected chi connectivity index (χ0v) is 17.8. The maximum absolute atomic E-state index is 11.4. The third-order valence-electron chi connectivity index (χ3n) is 6.65. The lowest BCUT2D eigenvalue weighted by molar-refractivity contribution is 0.115. The normalized spacial score (nSPS) is 20.7. The van der Waals surface area contributed by atoms with Crippen LogP contribution in [0.25, 0.3) is 16.9 Å². The molecule has 5 rings (SSSR count). The van der Waals surface area contributed by atoms with Gasteiger partial charge in [0.1, 0.15) is 0 Å². The van der Waals surface area contributed by atoms with E-state index in [1.165, 1.54) is 0 Å². The zero-order chi connectivity index (χ0) is 21.4. The number of likely N-dealkylation sites (tertiary alicyclic amines) is 2. The lowest BCUT2D eigenvalue weighted by Gasteiger charge is -2.34. The van der Waals surface area contributed by atoms with E-state index in [0.29, 0.717) is 18.4 Å². The zero-order valence-electron chi connectivity index (χ0n) is 17.8. The van der Waals surface area contributed by atoms with Gasteiger partial charge in [-0.2, -0.15) is 14.8 Å². The number of aromatic nitrogens is 4. The van der Waals surface area contributed by atoms with Gasteiger partial charge in [-0.3, -0.25) is 0 Å². The minimum atomic E-state index is -0.798. The molecule has 1 amide bonds. The van der Waals surface area contributed by atoms with Crippen molar-refractivity contribution in [1.82, 2.24) is 29.7 Å². The van der Waals surface area contributed by atoms with Crippen molar-refractivity contribution in [1.29, 1.82) is 0 Å². The molecule has 0 bridgehead atoms. The molecule has 2 fully saturated rings. The summed E-state index contributed by atoms with van der Waals surface area (Å²) in [6, 6.07) is 8.23. The van der Waals surface area contributed by atoms with Crippen LogP contribution in [0.4, 0.5) is 4.79 Å². The molecule has 9 heteroatoms. The topological polar surface area (TPSA) is 101 Å². The van der Waals surface area contributed by atoms with Gasteiger partial charge in [0.2, 0.25) is 5.89 Å². The molecule has 2 aliphatic rings. The molecule has 1 aromatic carbocycles. The largest absolute Gasteiger partial charge is 0.465 e. The van der Waals surface area contributed by atoms with Crippen LogP contribution < -0.4 is 0 Å². The fraction of sp³-hybridized carbons (Fsp3) is 0.545. The third kappa shape index (κ3) is 3.78. The van der Waals surface area contributed by atoms with E-state index in [1.54, 1.807) is 9.58 Å². The molecule has 9 nitrogen and oxygen atoms in total. The Morgan fingerprint density at radius 1 is 1.19 bits per heavy atom. The summed E-state index contributed by atoms with van der Waals surface area (Å²) in [5.41, 5.74) is 2.01. The Hall–Kier alpha value is -2.94. The second kappa shape index (κ2) is 8.30.